The summed E-state index contributed by atoms with van der Waals surface area (Å²) in [4.78, 5) is 8.76. The summed E-state index contributed by atoms with van der Waals surface area (Å²) in [5, 5.41) is 0. The molecule has 32 valence electrons. The number of hydrogen-bond acceptors (Lipinski definition) is 2. The van der Waals surface area contributed by atoms with Crippen LogP contribution in [-0.4, -0.2) is 0 Å². The van der Waals surface area contributed by atoms with Crippen LogP contribution in [0.5, 0.6) is 0 Å². The Morgan fingerprint density at radius 3 is 1.83 bits per heavy atom. The third-order valence-electron chi connectivity index (χ3n) is 0. The Morgan fingerprint density at radius 1 is 1.83 bits per heavy atom. The Balaban J connectivity index is 0. The molecule has 0 heterocycles. The van der Waals surface area contributed by atoms with Crippen molar-refractivity contribution in [1.82, 2.24) is 0 Å². The van der Waals surface area contributed by atoms with Gasteiger partial charge in [0.1, 0.15) is 0 Å². The topological polar surface area (TPSA) is 40.1 Å². The van der Waals surface area contributed by atoms with E-state index in [0.717, 1.165) is 0 Å². The van der Waals surface area contributed by atoms with E-state index >= 15 is 0 Å². The van der Waals surface area contributed by atoms with Gasteiger partial charge >= 0.3 is 18.9 Å². The molecule has 0 aliphatic heterocycles. The molecule has 0 spiro atoms. The first-order valence-electron chi connectivity index (χ1n) is 0.703. The summed E-state index contributed by atoms with van der Waals surface area (Å²) in [5.74, 6) is 0. The van der Waals surface area contributed by atoms with Gasteiger partial charge in [-0.05, 0) is 11.2 Å². The third-order valence-corrected chi connectivity index (χ3v) is 0. The van der Waals surface area contributed by atoms with Crippen molar-refractivity contribution in [1.29, 1.82) is 0 Å². The zero-order chi connectivity index (χ0) is 4.50. The maximum Gasteiger partial charge on any atom is 1.00 e. The summed E-state index contributed by atoms with van der Waals surface area (Å²) in [6, 6.07) is 0. The van der Waals surface area contributed by atoms with Crippen LogP contribution in [0.1, 0.15) is 0 Å². The Kier molecular flexibility index (Phi) is 5.16. The van der Waals surface area contributed by atoms with Crippen LogP contribution in [0.25, 0.3) is 0 Å². The molecule has 0 aromatic rings. The van der Waals surface area contributed by atoms with Gasteiger partial charge in [0, 0.05) is 0 Å². The van der Waals surface area contributed by atoms with Gasteiger partial charge in [-0.25, -0.2) is 0 Å². The molecular weight excluding hydrogens is 124 g/mol. The van der Waals surface area contributed by atoms with Crippen LogP contribution in [0.4, 0.5) is 4.20 Å². The molecule has 1 atom stereocenters. The molecule has 0 N–H and O–H groups in total. The molecule has 0 saturated carbocycles. The molecule has 0 aromatic heterocycles. The zero-order valence-corrected chi connectivity index (χ0v) is 4.67. The molecule has 0 saturated heterocycles. The van der Waals surface area contributed by atoms with Gasteiger partial charge in [0.25, 0.3) is 7.03 Å². The summed E-state index contributed by atoms with van der Waals surface area (Å²) < 4.78 is 19.2. The minimum atomic E-state index is -4.92. The molecule has 0 amide bonds. The van der Waals surface area contributed by atoms with E-state index in [1.54, 1.807) is 0 Å². The third kappa shape index (κ3) is 79.2. The largest absolute Gasteiger partial charge is 1.00 e. The fourth-order valence-corrected chi connectivity index (χ4v) is 0. The van der Waals surface area contributed by atoms with Crippen molar-refractivity contribution in [3.63, 3.8) is 0 Å². The van der Waals surface area contributed by atoms with E-state index in [4.69, 9.17) is 9.46 Å². The fourth-order valence-electron chi connectivity index (χ4n) is 0. The van der Waals surface area contributed by atoms with Gasteiger partial charge in [-0.1, -0.05) is 0 Å². The van der Waals surface area contributed by atoms with Crippen LogP contribution in [0, 0.1) is 0 Å². The molecule has 6 heteroatoms. The van der Waals surface area contributed by atoms with E-state index in [2.05, 4.69) is 11.2 Å². The average Bonchev–Trinajstić information content (AvgIpc) is 0.722. The second-order valence-electron chi connectivity index (χ2n) is 0.414. The van der Waals surface area contributed by atoms with E-state index in [1.807, 2.05) is 0 Å². The first-order chi connectivity index (χ1) is 2.00. The van der Waals surface area contributed by atoms with Gasteiger partial charge in [0.05, 0.1) is 0 Å². The van der Waals surface area contributed by atoms with Crippen LogP contribution in [-0.2, 0) is 4.57 Å². The van der Waals surface area contributed by atoms with Gasteiger partial charge < -0.3 is 4.89 Å². The molecule has 1 unspecified atom stereocenters. The van der Waals surface area contributed by atoms with E-state index in [9.17, 15) is 4.20 Å². The van der Waals surface area contributed by atoms with E-state index < -0.39 is 7.03 Å². The number of rotatable bonds is 0. The molecule has 0 aliphatic carbocycles. The Morgan fingerprint density at radius 2 is 1.83 bits per heavy atom. The summed E-state index contributed by atoms with van der Waals surface area (Å²) in [5.41, 5.74) is 0. The fraction of sp³-hybridized carbons (Fsp3) is 0. The van der Waals surface area contributed by atoms with Crippen molar-refractivity contribution in [3.05, 3.63) is 0 Å². The minimum Gasteiger partial charge on any atom is -0.763 e. The van der Waals surface area contributed by atoms with Crippen molar-refractivity contribution in [2.24, 2.45) is 0 Å². The number of halogens is 2. The summed E-state index contributed by atoms with van der Waals surface area (Å²) >= 11 is 3.86. The van der Waals surface area contributed by atoms with Crippen molar-refractivity contribution in [2.75, 3.05) is 0 Å². The van der Waals surface area contributed by atoms with Gasteiger partial charge in [0.15, 0.2) is 0 Å². The summed E-state index contributed by atoms with van der Waals surface area (Å²) in [6.07, 6.45) is 0. The first-order valence-corrected chi connectivity index (χ1v) is 3.12. The van der Waals surface area contributed by atoms with Gasteiger partial charge in [-0.3, -0.25) is 4.57 Å². The average molecular weight is 124 g/mol. The van der Waals surface area contributed by atoms with E-state index in [0.29, 0.717) is 0 Å². The van der Waals surface area contributed by atoms with Crippen molar-refractivity contribution in [3.8, 4) is 0 Å². The van der Waals surface area contributed by atoms with Gasteiger partial charge in [0.2, 0.25) is 0 Å². The number of hydrogen-bond donors (Lipinski definition) is 0. The Labute approximate surface area is 51.2 Å². The van der Waals surface area contributed by atoms with E-state index in [-0.39, 0.29) is 18.9 Å². The van der Waals surface area contributed by atoms with Crippen LogP contribution >= 0.6 is 18.3 Å². The van der Waals surface area contributed by atoms with Crippen molar-refractivity contribution < 1.29 is 32.5 Å². The zero-order valence-electron chi connectivity index (χ0n) is 3.02. The van der Waals surface area contributed by atoms with E-state index in [1.165, 1.54) is 0 Å². The Hall–Kier alpha value is 1.01. The molecule has 0 aliphatic rings. The molecule has 0 fully saturated rings. The molecule has 2 nitrogen and oxygen atoms in total. The maximum atomic E-state index is 10.5. The van der Waals surface area contributed by atoms with Crippen LogP contribution in [0.2, 0.25) is 0 Å². The molecule has 0 aromatic carbocycles. The molecule has 6 heavy (non-hydrogen) atoms. The smallest absolute Gasteiger partial charge is 0.763 e. The predicted octanol–water partition coefficient (Wildman–Crippen LogP) is -2.33. The normalized spacial score (nSPS) is 17.8. The predicted molar refractivity (Wildman–Crippen MR) is 14.6 cm³/mol. The maximum absolute atomic E-state index is 10.5. The minimum absolute atomic E-state index is 0. The van der Waals surface area contributed by atoms with Crippen LogP contribution < -0.4 is 23.8 Å². The SMILES string of the molecule is O=P([O-])(F)Cl.[Li+]. The van der Waals surface area contributed by atoms with Crippen LogP contribution in [0.15, 0.2) is 0 Å². The second kappa shape index (κ2) is 3.07. The standard InChI is InChI=1S/ClFHO2P.Li/c1-5(2,3)4;/h(H,3,4);/q;+1/p-1. The van der Waals surface area contributed by atoms with Gasteiger partial charge in [-0.15, -0.1) is 0 Å². The summed E-state index contributed by atoms with van der Waals surface area (Å²) in [6.45, 7) is 0. The molecular formula is ClFLiO2P. The van der Waals surface area contributed by atoms with Crippen LogP contribution in [0.3, 0.4) is 0 Å². The first kappa shape index (κ1) is 10.1. The van der Waals surface area contributed by atoms with Gasteiger partial charge in [-0.2, -0.15) is 4.20 Å². The molecule has 0 bridgehead atoms. The van der Waals surface area contributed by atoms with Crippen molar-refractivity contribution in [2.45, 2.75) is 0 Å². The van der Waals surface area contributed by atoms with Crippen molar-refractivity contribution >= 4 is 18.3 Å². The second-order valence-corrected chi connectivity index (χ2v) is 2.45. The summed E-state index contributed by atoms with van der Waals surface area (Å²) in [7, 11) is -4.92. The molecule has 0 radical (unpaired) electrons. The quantitative estimate of drug-likeness (QED) is 0.268. The monoisotopic (exact) mass is 124 g/mol. The molecule has 0 rings (SSSR count). The Bertz CT molecular complexity index is 59.7.